The highest BCUT2D eigenvalue weighted by molar-refractivity contribution is 5.74. The van der Waals surface area contributed by atoms with Crippen molar-refractivity contribution in [1.29, 1.82) is 0 Å². The van der Waals surface area contributed by atoms with Gasteiger partial charge in [0, 0.05) is 40.0 Å². The maximum absolute atomic E-state index is 13.8. The van der Waals surface area contributed by atoms with Crippen LogP contribution in [0.3, 0.4) is 0 Å². The lowest BCUT2D eigenvalue weighted by Gasteiger charge is -2.32. The first-order valence-corrected chi connectivity index (χ1v) is 8.77. The lowest BCUT2D eigenvalue weighted by atomic mass is 10.1. The van der Waals surface area contributed by atoms with Crippen molar-refractivity contribution >= 4 is 17.1 Å². The van der Waals surface area contributed by atoms with Gasteiger partial charge in [0.2, 0.25) is 5.95 Å². The lowest BCUT2D eigenvalue weighted by molar-refractivity contribution is 0.163. The second-order valence-electron chi connectivity index (χ2n) is 6.70. The van der Waals surface area contributed by atoms with Crippen molar-refractivity contribution in [2.24, 2.45) is 14.1 Å². The molecular weight excluding hydrogens is 353 g/mol. The summed E-state index contributed by atoms with van der Waals surface area (Å²) in [5.74, 6) is 0.525. The topological polar surface area (TPSA) is 85.2 Å². The Hall–Kier alpha value is -3.10. The molecule has 1 aliphatic heterocycles. The number of aryl methyl sites for hydroxylation is 2. The number of fused-ring (bicyclic) bond motifs is 1. The molecule has 0 atom stereocenters. The van der Waals surface area contributed by atoms with Crippen LogP contribution in [-0.2, 0) is 14.1 Å². The van der Waals surface area contributed by atoms with Gasteiger partial charge in [-0.05, 0) is 12.1 Å². The Labute approximate surface area is 153 Å². The number of nitrogens with one attached hydrogen (secondary N) is 1. The van der Waals surface area contributed by atoms with Crippen LogP contribution in [0.15, 0.2) is 33.9 Å². The molecule has 3 aromatic rings. The smallest absolute Gasteiger partial charge is 0.329 e. The number of para-hydroxylation sites is 1. The van der Waals surface area contributed by atoms with Crippen molar-refractivity contribution in [1.82, 2.24) is 19.1 Å². The summed E-state index contributed by atoms with van der Waals surface area (Å²) in [6.45, 7) is 1.31. The van der Waals surface area contributed by atoms with Crippen molar-refractivity contribution in [3.8, 4) is 5.75 Å². The van der Waals surface area contributed by atoms with Crippen LogP contribution in [-0.4, -0.2) is 38.3 Å². The van der Waals surface area contributed by atoms with Crippen LogP contribution >= 0.6 is 0 Å². The molecule has 27 heavy (non-hydrogen) atoms. The fourth-order valence-electron chi connectivity index (χ4n) is 3.47. The second-order valence-corrected chi connectivity index (χ2v) is 6.70. The van der Waals surface area contributed by atoms with Gasteiger partial charge in [0.15, 0.2) is 22.7 Å². The lowest BCUT2D eigenvalue weighted by Crippen LogP contribution is -2.39. The van der Waals surface area contributed by atoms with Crippen molar-refractivity contribution < 1.29 is 9.13 Å². The summed E-state index contributed by atoms with van der Waals surface area (Å²) < 4.78 is 22.6. The molecule has 0 bridgehead atoms. The minimum absolute atomic E-state index is 0.0828. The number of hydrogen-bond donors (Lipinski definition) is 1. The van der Waals surface area contributed by atoms with Gasteiger partial charge in [0.25, 0.3) is 5.56 Å². The van der Waals surface area contributed by atoms with E-state index in [9.17, 15) is 14.0 Å². The summed E-state index contributed by atoms with van der Waals surface area (Å²) in [6, 6.07) is 6.38. The molecule has 0 radical (unpaired) electrons. The Morgan fingerprint density at radius 1 is 1.15 bits per heavy atom. The summed E-state index contributed by atoms with van der Waals surface area (Å²) in [5, 5.41) is 0. The largest absolute Gasteiger partial charge is 0.487 e. The summed E-state index contributed by atoms with van der Waals surface area (Å²) in [4.78, 5) is 32.8. The molecule has 1 aliphatic rings. The SMILES string of the molecule is Cn1c(N2CCC(Oc3ccccc3F)CC2)nc2c1c(=O)[nH]c(=O)n2C. The second kappa shape index (κ2) is 6.57. The summed E-state index contributed by atoms with van der Waals surface area (Å²) >= 11 is 0. The number of nitrogens with zero attached hydrogens (tertiary/aromatic N) is 4. The van der Waals surface area contributed by atoms with E-state index in [0.29, 0.717) is 43.0 Å². The molecule has 0 unspecified atom stereocenters. The summed E-state index contributed by atoms with van der Waals surface area (Å²) in [7, 11) is 3.33. The van der Waals surface area contributed by atoms with E-state index in [1.54, 1.807) is 36.9 Å². The molecule has 1 N–H and O–H groups in total. The Balaban J connectivity index is 1.55. The van der Waals surface area contributed by atoms with Gasteiger partial charge in [-0.2, -0.15) is 4.98 Å². The fourth-order valence-corrected chi connectivity index (χ4v) is 3.47. The Kier molecular flexibility index (Phi) is 4.21. The number of aromatic amines is 1. The summed E-state index contributed by atoms with van der Waals surface area (Å²) in [5.41, 5.74) is -0.232. The molecule has 1 saturated heterocycles. The van der Waals surface area contributed by atoms with Gasteiger partial charge in [-0.15, -0.1) is 0 Å². The predicted molar refractivity (Wildman–Crippen MR) is 98.8 cm³/mol. The van der Waals surface area contributed by atoms with Gasteiger partial charge in [0.1, 0.15) is 6.10 Å². The van der Waals surface area contributed by atoms with E-state index in [4.69, 9.17) is 4.74 Å². The minimum atomic E-state index is -0.492. The maximum Gasteiger partial charge on any atom is 0.329 e. The third-order valence-corrected chi connectivity index (χ3v) is 4.97. The Morgan fingerprint density at radius 2 is 1.85 bits per heavy atom. The Morgan fingerprint density at radius 3 is 2.56 bits per heavy atom. The van der Waals surface area contributed by atoms with E-state index in [0.717, 1.165) is 0 Å². The first-order valence-electron chi connectivity index (χ1n) is 8.77. The van der Waals surface area contributed by atoms with E-state index >= 15 is 0 Å². The van der Waals surface area contributed by atoms with Crippen LogP contribution in [0.1, 0.15) is 12.8 Å². The number of halogens is 1. The van der Waals surface area contributed by atoms with Crippen molar-refractivity contribution in [3.05, 3.63) is 50.9 Å². The number of H-pyrrole nitrogens is 1. The van der Waals surface area contributed by atoms with Crippen LogP contribution in [0.5, 0.6) is 5.75 Å². The highest BCUT2D eigenvalue weighted by atomic mass is 19.1. The number of benzene rings is 1. The number of anilines is 1. The molecule has 1 fully saturated rings. The molecule has 4 rings (SSSR count). The molecule has 3 heterocycles. The van der Waals surface area contributed by atoms with E-state index < -0.39 is 11.2 Å². The van der Waals surface area contributed by atoms with Crippen molar-refractivity contribution in [2.45, 2.75) is 18.9 Å². The molecule has 8 nitrogen and oxygen atoms in total. The van der Waals surface area contributed by atoms with E-state index in [2.05, 4.69) is 9.97 Å². The number of rotatable bonds is 3. The average Bonchev–Trinajstić information content (AvgIpc) is 3.00. The van der Waals surface area contributed by atoms with E-state index in [1.165, 1.54) is 10.6 Å². The maximum atomic E-state index is 13.8. The van der Waals surface area contributed by atoms with E-state index in [1.807, 2.05) is 4.90 Å². The van der Waals surface area contributed by atoms with Gasteiger partial charge >= 0.3 is 5.69 Å². The minimum Gasteiger partial charge on any atom is -0.487 e. The normalized spacial score (nSPS) is 15.4. The fraction of sp³-hybridized carbons (Fsp3) is 0.389. The zero-order chi connectivity index (χ0) is 19.1. The molecule has 2 aromatic heterocycles. The molecule has 0 aliphatic carbocycles. The quantitative estimate of drug-likeness (QED) is 0.744. The molecule has 9 heteroatoms. The van der Waals surface area contributed by atoms with Crippen LogP contribution in [0.4, 0.5) is 10.3 Å². The van der Waals surface area contributed by atoms with Crippen LogP contribution < -0.4 is 20.9 Å². The van der Waals surface area contributed by atoms with Gasteiger partial charge < -0.3 is 14.2 Å². The molecule has 142 valence electrons. The third kappa shape index (κ3) is 2.98. The number of imidazole rings is 1. The van der Waals surface area contributed by atoms with Crippen molar-refractivity contribution in [2.75, 3.05) is 18.0 Å². The van der Waals surface area contributed by atoms with Crippen LogP contribution in [0.2, 0.25) is 0 Å². The zero-order valence-corrected chi connectivity index (χ0v) is 15.1. The molecule has 0 saturated carbocycles. The van der Waals surface area contributed by atoms with Gasteiger partial charge in [-0.1, -0.05) is 12.1 Å². The van der Waals surface area contributed by atoms with Crippen LogP contribution in [0, 0.1) is 5.82 Å². The average molecular weight is 373 g/mol. The number of aromatic nitrogens is 4. The first-order chi connectivity index (χ1) is 13.0. The zero-order valence-electron chi connectivity index (χ0n) is 15.1. The number of ether oxygens (including phenoxy) is 1. The monoisotopic (exact) mass is 373 g/mol. The summed E-state index contributed by atoms with van der Waals surface area (Å²) in [6.07, 6.45) is 1.32. The van der Waals surface area contributed by atoms with Crippen LogP contribution in [0.25, 0.3) is 11.2 Å². The standard InChI is InChI=1S/C18H20FN5O3/c1-22-14-15(23(2)18(26)21-16(14)25)20-17(22)24-9-7-11(8-10-24)27-13-6-4-3-5-12(13)19/h3-6,11H,7-10H2,1-2H3,(H,21,25,26). The first kappa shape index (κ1) is 17.3. The highest BCUT2D eigenvalue weighted by Gasteiger charge is 2.26. The van der Waals surface area contributed by atoms with Gasteiger partial charge in [-0.25, -0.2) is 9.18 Å². The molecule has 0 amide bonds. The molecule has 1 aromatic carbocycles. The van der Waals surface area contributed by atoms with E-state index in [-0.39, 0.29) is 17.7 Å². The Bertz CT molecular complexity index is 1110. The van der Waals surface area contributed by atoms with Gasteiger partial charge in [0.05, 0.1) is 0 Å². The number of piperidine rings is 1. The number of hydrogen-bond acceptors (Lipinski definition) is 5. The van der Waals surface area contributed by atoms with Crippen molar-refractivity contribution in [3.63, 3.8) is 0 Å². The predicted octanol–water partition coefficient (Wildman–Crippen LogP) is 1.15. The third-order valence-electron chi connectivity index (χ3n) is 4.97. The molecule has 0 spiro atoms. The van der Waals surface area contributed by atoms with Gasteiger partial charge in [-0.3, -0.25) is 14.3 Å². The highest BCUT2D eigenvalue weighted by Crippen LogP contribution is 2.25. The molecular formula is C18H20FN5O3.